The van der Waals surface area contributed by atoms with Gasteiger partial charge in [-0.3, -0.25) is 9.69 Å². The number of likely N-dealkylation sites (N-methyl/N-ethyl adjacent to an activating group) is 1. The summed E-state index contributed by atoms with van der Waals surface area (Å²) in [6.07, 6.45) is 7.19. The van der Waals surface area contributed by atoms with Crippen molar-refractivity contribution in [1.29, 1.82) is 0 Å². The SMILES string of the molecule is CCN1CC2(CCN(Cc3nccn3C)CC2)CC(c2ccccc2)C1=O. The minimum Gasteiger partial charge on any atom is -0.342 e. The fourth-order valence-corrected chi connectivity index (χ4v) is 4.80. The number of carbonyl (C=O) groups excluding carboxylic acids is 1. The van der Waals surface area contributed by atoms with E-state index in [1.54, 1.807) is 0 Å². The molecule has 0 radical (unpaired) electrons. The fraction of sp³-hybridized carbons (Fsp3) is 0.545. The van der Waals surface area contributed by atoms with Gasteiger partial charge in [0.05, 0.1) is 12.5 Å². The lowest BCUT2D eigenvalue weighted by molar-refractivity contribution is -0.141. The van der Waals surface area contributed by atoms with E-state index in [1.807, 2.05) is 18.5 Å². The molecule has 4 rings (SSSR count). The van der Waals surface area contributed by atoms with Crippen LogP contribution in [-0.2, 0) is 18.4 Å². The molecule has 0 aliphatic carbocycles. The average molecular weight is 367 g/mol. The highest BCUT2D eigenvalue weighted by Crippen LogP contribution is 2.45. The standard InChI is InChI=1S/C22H30N4O/c1-3-26-17-22(15-19(21(26)27)18-7-5-4-6-8-18)9-12-25(13-10-22)16-20-23-11-14-24(20)2/h4-8,11,14,19H,3,9-10,12-13,15-17H2,1-2H3. The smallest absolute Gasteiger partial charge is 0.230 e. The molecule has 2 saturated heterocycles. The lowest BCUT2D eigenvalue weighted by Gasteiger charge is -2.49. The lowest BCUT2D eigenvalue weighted by Crippen LogP contribution is -2.53. The van der Waals surface area contributed by atoms with Gasteiger partial charge in [0.15, 0.2) is 0 Å². The summed E-state index contributed by atoms with van der Waals surface area (Å²) < 4.78 is 2.11. The Morgan fingerprint density at radius 1 is 1.19 bits per heavy atom. The van der Waals surface area contributed by atoms with E-state index in [1.165, 1.54) is 5.56 Å². The molecule has 5 heteroatoms. The summed E-state index contributed by atoms with van der Waals surface area (Å²) in [5.74, 6) is 1.45. The molecule has 27 heavy (non-hydrogen) atoms. The summed E-state index contributed by atoms with van der Waals surface area (Å²) in [5, 5.41) is 0. The van der Waals surface area contributed by atoms with Crippen LogP contribution in [0.4, 0.5) is 0 Å². The molecule has 1 spiro atoms. The van der Waals surface area contributed by atoms with Gasteiger partial charge < -0.3 is 9.47 Å². The molecule has 2 aromatic rings. The van der Waals surface area contributed by atoms with Crippen molar-refractivity contribution in [3.8, 4) is 0 Å². The summed E-state index contributed by atoms with van der Waals surface area (Å²) in [5.41, 5.74) is 1.43. The number of likely N-dealkylation sites (tertiary alicyclic amines) is 2. The van der Waals surface area contributed by atoms with Crippen molar-refractivity contribution in [2.45, 2.75) is 38.6 Å². The van der Waals surface area contributed by atoms with Crippen molar-refractivity contribution >= 4 is 5.91 Å². The maximum absolute atomic E-state index is 13.0. The number of benzene rings is 1. The van der Waals surface area contributed by atoms with Crippen molar-refractivity contribution in [2.75, 3.05) is 26.2 Å². The molecule has 2 aliphatic heterocycles. The van der Waals surface area contributed by atoms with E-state index >= 15 is 0 Å². The number of aromatic nitrogens is 2. The number of amides is 1. The molecule has 0 bridgehead atoms. The van der Waals surface area contributed by atoms with Crippen molar-refractivity contribution < 1.29 is 4.79 Å². The van der Waals surface area contributed by atoms with Crippen LogP contribution in [0.25, 0.3) is 0 Å². The van der Waals surface area contributed by atoms with Crippen molar-refractivity contribution in [2.24, 2.45) is 12.5 Å². The first kappa shape index (κ1) is 18.2. The largest absolute Gasteiger partial charge is 0.342 e. The molecule has 5 nitrogen and oxygen atoms in total. The van der Waals surface area contributed by atoms with Gasteiger partial charge in [-0.1, -0.05) is 30.3 Å². The van der Waals surface area contributed by atoms with E-state index in [-0.39, 0.29) is 11.3 Å². The first-order chi connectivity index (χ1) is 13.1. The topological polar surface area (TPSA) is 41.4 Å². The van der Waals surface area contributed by atoms with Gasteiger partial charge >= 0.3 is 0 Å². The first-order valence-corrected chi connectivity index (χ1v) is 10.1. The predicted octanol–water partition coefficient (Wildman–Crippen LogP) is 3.04. The summed E-state index contributed by atoms with van der Waals surface area (Å²) in [4.78, 5) is 22.1. The molecule has 144 valence electrons. The summed E-state index contributed by atoms with van der Waals surface area (Å²) in [6.45, 7) is 6.91. The van der Waals surface area contributed by atoms with Crippen LogP contribution >= 0.6 is 0 Å². The third kappa shape index (κ3) is 3.65. The van der Waals surface area contributed by atoms with E-state index < -0.39 is 0 Å². The molecule has 1 aromatic carbocycles. The maximum atomic E-state index is 13.0. The third-order valence-electron chi connectivity index (χ3n) is 6.56. The van der Waals surface area contributed by atoms with Crippen LogP contribution in [0.15, 0.2) is 42.7 Å². The van der Waals surface area contributed by atoms with Gasteiger partial charge in [-0.05, 0) is 50.3 Å². The zero-order valence-corrected chi connectivity index (χ0v) is 16.5. The van der Waals surface area contributed by atoms with Crippen LogP contribution in [-0.4, -0.2) is 51.4 Å². The minimum absolute atomic E-state index is 0.0148. The zero-order chi connectivity index (χ0) is 18.9. The van der Waals surface area contributed by atoms with E-state index in [2.05, 4.69) is 57.6 Å². The van der Waals surface area contributed by atoms with Crippen LogP contribution in [0.5, 0.6) is 0 Å². The Balaban J connectivity index is 1.48. The van der Waals surface area contributed by atoms with Gasteiger partial charge in [-0.15, -0.1) is 0 Å². The van der Waals surface area contributed by atoms with Crippen LogP contribution in [0.2, 0.25) is 0 Å². The maximum Gasteiger partial charge on any atom is 0.230 e. The molecule has 0 N–H and O–H groups in total. The highest BCUT2D eigenvalue weighted by atomic mass is 16.2. The molecule has 2 aliphatic rings. The van der Waals surface area contributed by atoms with Gasteiger partial charge in [0, 0.05) is 32.5 Å². The van der Waals surface area contributed by atoms with Gasteiger partial charge in [-0.25, -0.2) is 4.98 Å². The third-order valence-corrected chi connectivity index (χ3v) is 6.56. The lowest BCUT2D eigenvalue weighted by atomic mass is 9.67. The second-order valence-corrected chi connectivity index (χ2v) is 8.25. The predicted molar refractivity (Wildman–Crippen MR) is 106 cm³/mol. The second-order valence-electron chi connectivity index (χ2n) is 8.25. The van der Waals surface area contributed by atoms with E-state index in [4.69, 9.17) is 0 Å². The number of aryl methyl sites for hydroxylation is 1. The molecule has 1 unspecified atom stereocenters. The van der Waals surface area contributed by atoms with Crippen LogP contribution in [0.1, 0.15) is 43.5 Å². The minimum atomic E-state index is 0.0148. The van der Waals surface area contributed by atoms with Crippen molar-refractivity contribution in [3.63, 3.8) is 0 Å². The van der Waals surface area contributed by atoms with Crippen LogP contribution < -0.4 is 0 Å². The van der Waals surface area contributed by atoms with Gasteiger partial charge in [0.2, 0.25) is 5.91 Å². The molecule has 1 aromatic heterocycles. The number of imidazole rings is 1. The average Bonchev–Trinajstić information content (AvgIpc) is 3.11. The quantitative estimate of drug-likeness (QED) is 0.835. The van der Waals surface area contributed by atoms with E-state index in [0.29, 0.717) is 5.91 Å². The van der Waals surface area contributed by atoms with Gasteiger partial charge in [0.1, 0.15) is 5.82 Å². The number of rotatable bonds is 4. The van der Waals surface area contributed by atoms with Crippen molar-refractivity contribution in [3.05, 3.63) is 54.1 Å². The van der Waals surface area contributed by atoms with E-state index in [9.17, 15) is 4.79 Å². The molecule has 1 atom stereocenters. The number of hydrogen-bond acceptors (Lipinski definition) is 3. The first-order valence-electron chi connectivity index (χ1n) is 10.1. The van der Waals surface area contributed by atoms with E-state index in [0.717, 1.165) is 57.8 Å². The molecular formula is C22H30N4O. The Morgan fingerprint density at radius 2 is 1.93 bits per heavy atom. The Morgan fingerprint density at radius 3 is 2.56 bits per heavy atom. The summed E-state index contributed by atoms with van der Waals surface area (Å²) >= 11 is 0. The summed E-state index contributed by atoms with van der Waals surface area (Å²) in [7, 11) is 2.06. The number of nitrogens with zero attached hydrogens (tertiary/aromatic N) is 4. The summed E-state index contributed by atoms with van der Waals surface area (Å²) in [6, 6.07) is 10.4. The monoisotopic (exact) mass is 366 g/mol. The highest BCUT2D eigenvalue weighted by Gasteiger charge is 2.45. The Hall–Kier alpha value is -2.14. The molecule has 2 fully saturated rings. The highest BCUT2D eigenvalue weighted by molar-refractivity contribution is 5.84. The Kier molecular flexibility index (Phi) is 5.04. The van der Waals surface area contributed by atoms with Crippen molar-refractivity contribution in [1.82, 2.24) is 19.4 Å². The molecule has 3 heterocycles. The Labute approximate surface area is 162 Å². The molecule has 1 amide bonds. The number of hydrogen-bond donors (Lipinski definition) is 0. The zero-order valence-electron chi connectivity index (χ0n) is 16.5. The molecule has 0 saturated carbocycles. The van der Waals surface area contributed by atoms with Gasteiger partial charge in [0.25, 0.3) is 0 Å². The second kappa shape index (κ2) is 7.47. The molecular weight excluding hydrogens is 336 g/mol. The normalized spacial score (nSPS) is 23.1. The van der Waals surface area contributed by atoms with Gasteiger partial charge in [-0.2, -0.15) is 0 Å². The van der Waals surface area contributed by atoms with Crippen LogP contribution in [0.3, 0.4) is 0 Å². The fourth-order valence-electron chi connectivity index (χ4n) is 4.80. The number of piperidine rings is 2. The number of carbonyl (C=O) groups is 1. The van der Waals surface area contributed by atoms with Crippen LogP contribution in [0, 0.1) is 5.41 Å². The Bertz CT molecular complexity index is 777.